The third-order valence-corrected chi connectivity index (χ3v) is 5.24. The van der Waals surface area contributed by atoms with E-state index in [0.29, 0.717) is 22.3 Å². The Balaban J connectivity index is 2.20. The highest BCUT2D eigenvalue weighted by atomic mass is 32.2. The topological polar surface area (TPSA) is 43.4 Å². The first-order valence-electron chi connectivity index (χ1n) is 7.84. The zero-order chi connectivity index (χ0) is 19.8. The fourth-order valence-corrected chi connectivity index (χ4v) is 3.36. The van der Waals surface area contributed by atoms with Crippen molar-refractivity contribution in [3.05, 3.63) is 72.0 Å². The van der Waals surface area contributed by atoms with Gasteiger partial charge in [0.25, 0.3) is 0 Å². The first-order chi connectivity index (χ1) is 12.7. The van der Waals surface area contributed by atoms with E-state index in [9.17, 15) is 21.6 Å². The van der Waals surface area contributed by atoms with E-state index in [0.717, 1.165) is 18.4 Å². The molecule has 0 unspecified atom stereocenters. The molecule has 27 heavy (non-hydrogen) atoms. The van der Waals surface area contributed by atoms with E-state index in [1.165, 1.54) is 49.6 Å². The molecule has 0 aromatic heterocycles. The second-order valence-electron chi connectivity index (χ2n) is 5.96. The number of sulfone groups is 1. The highest BCUT2D eigenvalue weighted by molar-refractivity contribution is 7.90. The molecule has 3 rings (SSSR count). The summed E-state index contributed by atoms with van der Waals surface area (Å²) >= 11 is 0. The van der Waals surface area contributed by atoms with Gasteiger partial charge in [-0.25, -0.2) is 21.6 Å². The Kier molecular flexibility index (Phi) is 4.97. The Labute approximate surface area is 155 Å². The molecule has 0 saturated heterocycles. The zero-order valence-electron chi connectivity index (χ0n) is 14.5. The summed E-state index contributed by atoms with van der Waals surface area (Å²) in [5.41, 5.74) is 1.57. The molecule has 0 aliphatic heterocycles. The van der Waals surface area contributed by atoms with Crippen molar-refractivity contribution in [1.82, 2.24) is 0 Å². The molecule has 0 bridgehead atoms. The van der Waals surface area contributed by atoms with Crippen LogP contribution in [0.1, 0.15) is 0 Å². The molecular weight excluding hydrogens is 377 g/mol. The van der Waals surface area contributed by atoms with Crippen LogP contribution < -0.4 is 4.74 Å². The highest BCUT2D eigenvalue weighted by Gasteiger charge is 2.16. The molecule has 0 fully saturated rings. The van der Waals surface area contributed by atoms with Crippen molar-refractivity contribution >= 4 is 9.84 Å². The zero-order valence-corrected chi connectivity index (χ0v) is 15.3. The van der Waals surface area contributed by atoms with Crippen LogP contribution in [-0.2, 0) is 9.84 Å². The fraction of sp³-hybridized carbons (Fsp3) is 0.100. The van der Waals surface area contributed by atoms with Gasteiger partial charge in [0.1, 0.15) is 0 Å². The molecule has 3 aromatic carbocycles. The van der Waals surface area contributed by atoms with Crippen molar-refractivity contribution in [3.63, 3.8) is 0 Å². The molecule has 0 heterocycles. The molecule has 3 nitrogen and oxygen atoms in total. The average molecular weight is 392 g/mol. The Bertz CT molecular complexity index is 1110. The molecule has 0 amide bonds. The molecule has 0 aliphatic carbocycles. The Morgan fingerprint density at radius 1 is 0.741 bits per heavy atom. The van der Waals surface area contributed by atoms with Gasteiger partial charge in [0.2, 0.25) is 0 Å². The number of hydrogen-bond acceptors (Lipinski definition) is 3. The summed E-state index contributed by atoms with van der Waals surface area (Å²) in [7, 11) is -2.08. The van der Waals surface area contributed by atoms with Crippen LogP contribution in [0.3, 0.4) is 0 Å². The largest absolute Gasteiger partial charge is 0.494 e. The van der Waals surface area contributed by atoms with E-state index in [-0.39, 0.29) is 10.6 Å². The van der Waals surface area contributed by atoms with E-state index < -0.39 is 27.3 Å². The molecule has 0 radical (unpaired) electrons. The van der Waals surface area contributed by atoms with Crippen LogP contribution in [-0.4, -0.2) is 21.8 Å². The van der Waals surface area contributed by atoms with Gasteiger partial charge in [0, 0.05) is 6.26 Å². The summed E-state index contributed by atoms with van der Waals surface area (Å²) in [5, 5.41) is 0. The first kappa shape index (κ1) is 19.0. The van der Waals surface area contributed by atoms with Gasteiger partial charge in [-0.2, -0.15) is 0 Å². The van der Waals surface area contributed by atoms with Crippen molar-refractivity contribution in [1.29, 1.82) is 0 Å². The Morgan fingerprint density at radius 2 is 1.26 bits per heavy atom. The van der Waals surface area contributed by atoms with E-state index in [1.54, 1.807) is 0 Å². The highest BCUT2D eigenvalue weighted by Crippen LogP contribution is 2.36. The molecule has 7 heteroatoms. The summed E-state index contributed by atoms with van der Waals surface area (Å²) in [5.74, 6) is -2.71. The maximum Gasteiger partial charge on any atom is 0.175 e. The van der Waals surface area contributed by atoms with E-state index in [4.69, 9.17) is 4.74 Å². The second kappa shape index (κ2) is 7.08. The predicted molar refractivity (Wildman–Crippen MR) is 96.8 cm³/mol. The van der Waals surface area contributed by atoms with Gasteiger partial charge < -0.3 is 4.74 Å². The molecule has 0 spiro atoms. The van der Waals surface area contributed by atoms with Crippen LogP contribution in [0.25, 0.3) is 22.3 Å². The molecule has 0 saturated carbocycles. The Morgan fingerprint density at radius 3 is 1.78 bits per heavy atom. The maximum absolute atomic E-state index is 13.9. The van der Waals surface area contributed by atoms with Crippen LogP contribution >= 0.6 is 0 Å². The van der Waals surface area contributed by atoms with Crippen LogP contribution in [0.15, 0.2) is 59.5 Å². The monoisotopic (exact) mass is 392 g/mol. The lowest BCUT2D eigenvalue weighted by Gasteiger charge is -2.13. The predicted octanol–water partition coefficient (Wildman–Crippen LogP) is 4.85. The summed E-state index contributed by atoms with van der Waals surface area (Å²) in [6.07, 6.45) is 1.08. The quantitative estimate of drug-likeness (QED) is 0.638. The summed E-state index contributed by atoms with van der Waals surface area (Å²) < 4.78 is 69.6. The lowest BCUT2D eigenvalue weighted by Crippen LogP contribution is -1.97. The number of benzene rings is 3. The van der Waals surface area contributed by atoms with Crippen molar-refractivity contribution < 1.29 is 26.3 Å². The minimum Gasteiger partial charge on any atom is -0.494 e. The number of rotatable bonds is 4. The number of ether oxygens (including phenoxy) is 1. The molecular formula is C20H15F3O3S. The van der Waals surface area contributed by atoms with E-state index >= 15 is 0 Å². The van der Waals surface area contributed by atoms with Gasteiger partial charge in [-0.05, 0) is 58.7 Å². The number of halogens is 3. The number of methoxy groups -OCH3 is 1. The lowest BCUT2D eigenvalue weighted by molar-refractivity contribution is 0.387. The summed E-state index contributed by atoms with van der Waals surface area (Å²) in [6.45, 7) is 0. The minimum absolute atomic E-state index is 0.0318. The summed E-state index contributed by atoms with van der Waals surface area (Å²) in [6, 6.07) is 11.8. The van der Waals surface area contributed by atoms with Gasteiger partial charge in [0.05, 0.1) is 12.0 Å². The van der Waals surface area contributed by atoms with E-state index in [1.807, 2.05) is 0 Å². The van der Waals surface area contributed by atoms with Crippen LogP contribution in [0.4, 0.5) is 13.2 Å². The average Bonchev–Trinajstić information content (AvgIpc) is 2.63. The van der Waals surface area contributed by atoms with Gasteiger partial charge in [0.15, 0.2) is 33.0 Å². The van der Waals surface area contributed by atoms with Crippen LogP contribution in [0.2, 0.25) is 0 Å². The molecule has 140 valence electrons. The fourth-order valence-electron chi connectivity index (χ4n) is 2.73. The van der Waals surface area contributed by atoms with Crippen LogP contribution in [0.5, 0.6) is 5.75 Å². The SMILES string of the molecule is COc1cc(-c2cc(F)c(F)cc2-c2ccc(S(C)(=O)=O)cc2)ccc1F. The lowest BCUT2D eigenvalue weighted by atomic mass is 9.94. The third-order valence-electron chi connectivity index (χ3n) is 4.12. The minimum atomic E-state index is -3.38. The second-order valence-corrected chi connectivity index (χ2v) is 7.97. The van der Waals surface area contributed by atoms with Gasteiger partial charge in [-0.1, -0.05) is 18.2 Å². The first-order valence-corrected chi connectivity index (χ1v) is 9.73. The van der Waals surface area contributed by atoms with Crippen molar-refractivity contribution in [3.8, 4) is 28.0 Å². The Hall–Kier alpha value is -2.80. The summed E-state index contributed by atoms with van der Waals surface area (Å²) in [4.78, 5) is 0.110. The van der Waals surface area contributed by atoms with Crippen LogP contribution in [0, 0.1) is 17.5 Å². The standard InChI is InChI=1S/C20H15F3O3S/c1-26-20-9-13(5-8-17(20)21)16-11-19(23)18(22)10-15(16)12-3-6-14(7-4-12)27(2,24)25/h3-11H,1-2H3. The maximum atomic E-state index is 13.9. The number of hydrogen-bond donors (Lipinski definition) is 0. The van der Waals surface area contributed by atoms with Crippen molar-refractivity contribution in [2.24, 2.45) is 0 Å². The third kappa shape index (κ3) is 3.83. The van der Waals surface area contributed by atoms with Gasteiger partial charge in [-0.15, -0.1) is 0 Å². The van der Waals surface area contributed by atoms with Crippen molar-refractivity contribution in [2.75, 3.05) is 13.4 Å². The van der Waals surface area contributed by atoms with Crippen molar-refractivity contribution in [2.45, 2.75) is 4.90 Å². The van der Waals surface area contributed by atoms with E-state index in [2.05, 4.69) is 0 Å². The molecule has 3 aromatic rings. The van der Waals surface area contributed by atoms with Gasteiger partial charge >= 0.3 is 0 Å². The smallest absolute Gasteiger partial charge is 0.175 e. The molecule has 0 N–H and O–H groups in total. The van der Waals surface area contributed by atoms with Gasteiger partial charge in [-0.3, -0.25) is 0 Å². The molecule has 0 atom stereocenters. The normalized spacial score (nSPS) is 11.4. The molecule has 0 aliphatic rings.